The van der Waals surface area contributed by atoms with E-state index in [1.54, 1.807) is 19.2 Å². The van der Waals surface area contributed by atoms with Crippen LogP contribution in [0.15, 0.2) is 30.3 Å². The highest BCUT2D eigenvalue weighted by molar-refractivity contribution is 6.03. The first kappa shape index (κ1) is 16.7. The topological polar surface area (TPSA) is 76.1 Å². The van der Waals surface area contributed by atoms with Crippen LogP contribution in [-0.2, 0) is 0 Å². The van der Waals surface area contributed by atoms with Crippen LogP contribution in [0.25, 0.3) is 0 Å². The van der Waals surface area contributed by atoms with E-state index >= 15 is 0 Å². The molecule has 2 rings (SSSR count). The average Bonchev–Trinajstić information content (AvgIpc) is 2.46. The number of ether oxygens (including phenoxy) is 1. The largest absolute Gasteiger partial charge is 0.495 e. The van der Waals surface area contributed by atoms with Gasteiger partial charge in [0.1, 0.15) is 11.6 Å². The molecule has 0 radical (unpaired) electrons. The number of anilines is 2. The fourth-order valence-corrected chi connectivity index (χ4v) is 2.01. The van der Waals surface area contributed by atoms with E-state index in [-0.39, 0.29) is 17.1 Å². The summed E-state index contributed by atoms with van der Waals surface area (Å²) in [5, 5.41) is 14.0. The second-order valence-corrected chi connectivity index (χ2v) is 6.34. The van der Waals surface area contributed by atoms with Crippen LogP contribution in [-0.4, -0.2) is 28.8 Å². The Hall–Kier alpha value is -2.63. The molecule has 23 heavy (non-hydrogen) atoms. The van der Waals surface area contributed by atoms with Crippen molar-refractivity contribution in [3.63, 3.8) is 0 Å². The molecule has 0 aliphatic rings. The zero-order chi connectivity index (χ0) is 17.0. The van der Waals surface area contributed by atoms with E-state index in [1.165, 1.54) is 0 Å². The lowest BCUT2D eigenvalue weighted by molar-refractivity contribution is 0.102. The van der Waals surface area contributed by atoms with Gasteiger partial charge in [0.15, 0.2) is 5.69 Å². The molecular formula is C17H22N4O2. The average molecular weight is 314 g/mol. The maximum Gasteiger partial charge on any atom is 0.276 e. The first-order valence-corrected chi connectivity index (χ1v) is 7.36. The number of carbonyl (C=O) groups excluding carboxylic acids is 1. The molecule has 6 nitrogen and oxygen atoms in total. The van der Waals surface area contributed by atoms with Crippen LogP contribution in [0.5, 0.6) is 5.75 Å². The second kappa shape index (κ2) is 6.64. The van der Waals surface area contributed by atoms with Crippen LogP contribution in [0.1, 0.15) is 36.8 Å². The molecule has 122 valence electrons. The van der Waals surface area contributed by atoms with Crippen LogP contribution in [0, 0.1) is 6.92 Å². The first-order chi connectivity index (χ1) is 10.8. The number of aromatic nitrogens is 2. The zero-order valence-electron chi connectivity index (χ0n) is 14.1. The van der Waals surface area contributed by atoms with Crippen LogP contribution < -0.4 is 15.4 Å². The molecule has 2 aromatic rings. The molecule has 0 saturated carbocycles. The minimum Gasteiger partial charge on any atom is -0.495 e. The lowest BCUT2D eigenvalue weighted by atomic mass is 10.1. The summed E-state index contributed by atoms with van der Waals surface area (Å²) in [5.41, 5.74) is 1.76. The molecule has 2 N–H and O–H groups in total. The molecule has 1 heterocycles. The summed E-state index contributed by atoms with van der Waals surface area (Å²) < 4.78 is 5.25. The van der Waals surface area contributed by atoms with Crippen molar-refractivity contribution in [1.29, 1.82) is 0 Å². The molecule has 0 spiro atoms. The van der Waals surface area contributed by atoms with Crippen molar-refractivity contribution in [2.24, 2.45) is 0 Å². The Labute approximate surface area is 136 Å². The summed E-state index contributed by atoms with van der Waals surface area (Å²) in [4.78, 5) is 12.3. The van der Waals surface area contributed by atoms with Gasteiger partial charge in [-0.25, -0.2) is 0 Å². The van der Waals surface area contributed by atoms with Crippen LogP contribution in [0.4, 0.5) is 11.5 Å². The standard InChI is InChI=1S/C17H22N4O2/c1-11-6-8-14(23-5)13(10-11)18-16(22)12-7-9-15(21-20-12)19-17(2,3)4/h6-10H,1-5H3,(H,18,22)(H,19,21). The Balaban J connectivity index is 2.14. The van der Waals surface area contributed by atoms with Crippen molar-refractivity contribution in [3.8, 4) is 5.75 Å². The molecule has 6 heteroatoms. The monoisotopic (exact) mass is 314 g/mol. The summed E-state index contributed by atoms with van der Waals surface area (Å²) in [6, 6.07) is 8.95. The van der Waals surface area contributed by atoms with Crippen molar-refractivity contribution in [2.75, 3.05) is 17.7 Å². The highest BCUT2D eigenvalue weighted by Gasteiger charge is 2.14. The van der Waals surface area contributed by atoms with E-state index < -0.39 is 0 Å². The van der Waals surface area contributed by atoms with E-state index in [1.807, 2.05) is 45.9 Å². The number of nitrogens with one attached hydrogen (secondary N) is 2. The Morgan fingerprint density at radius 2 is 1.87 bits per heavy atom. The summed E-state index contributed by atoms with van der Waals surface area (Å²) in [6.07, 6.45) is 0. The molecule has 1 aromatic carbocycles. The van der Waals surface area contributed by atoms with Crippen molar-refractivity contribution in [3.05, 3.63) is 41.6 Å². The van der Waals surface area contributed by atoms with E-state index in [9.17, 15) is 4.79 Å². The molecule has 1 amide bonds. The highest BCUT2D eigenvalue weighted by Crippen LogP contribution is 2.25. The third-order valence-electron chi connectivity index (χ3n) is 3.00. The summed E-state index contributed by atoms with van der Waals surface area (Å²) in [6.45, 7) is 8.03. The van der Waals surface area contributed by atoms with Crippen molar-refractivity contribution >= 4 is 17.4 Å². The van der Waals surface area contributed by atoms with Gasteiger partial charge in [-0.15, -0.1) is 10.2 Å². The first-order valence-electron chi connectivity index (χ1n) is 7.36. The number of nitrogens with zero attached hydrogens (tertiary/aromatic N) is 2. The molecule has 0 saturated heterocycles. The number of carbonyl (C=O) groups is 1. The summed E-state index contributed by atoms with van der Waals surface area (Å²) in [5.74, 6) is 0.897. The minimum atomic E-state index is -0.330. The highest BCUT2D eigenvalue weighted by atomic mass is 16.5. The maximum atomic E-state index is 12.3. The van der Waals surface area contributed by atoms with Gasteiger partial charge in [-0.3, -0.25) is 4.79 Å². The van der Waals surface area contributed by atoms with Crippen LogP contribution in [0.3, 0.4) is 0 Å². The molecule has 0 aliphatic heterocycles. The smallest absolute Gasteiger partial charge is 0.276 e. The lowest BCUT2D eigenvalue weighted by Gasteiger charge is -2.20. The van der Waals surface area contributed by atoms with Gasteiger partial charge in [-0.2, -0.15) is 0 Å². The van der Waals surface area contributed by atoms with Gasteiger partial charge in [0.2, 0.25) is 0 Å². The number of aryl methyl sites for hydroxylation is 1. The maximum absolute atomic E-state index is 12.3. The van der Waals surface area contributed by atoms with Gasteiger partial charge in [-0.1, -0.05) is 6.07 Å². The fourth-order valence-electron chi connectivity index (χ4n) is 2.01. The minimum absolute atomic E-state index is 0.118. The third kappa shape index (κ3) is 4.67. The van der Waals surface area contributed by atoms with Gasteiger partial charge in [0, 0.05) is 5.54 Å². The summed E-state index contributed by atoms with van der Waals surface area (Å²) >= 11 is 0. The zero-order valence-corrected chi connectivity index (χ0v) is 14.1. The van der Waals surface area contributed by atoms with E-state index in [0.29, 0.717) is 17.3 Å². The van der Waals surface area contributed by atoms with Crippen molar-refractivity contribution < 1.29 is 9.53 Å². The number of methoxy groups -OCH3 is 1. The Morgan fingerprint density at radius 1 is 1.13 bits per heavy atom. The Morgan fingerprint density at radius 3 is 2.43 bits per heavy atom. The third-order valence-corrected chi connectivity index (χ3v) is 3.00. The van der Waals surface area contributed by atoms with Gasteiger partial charge >= 0.3 is 0 Å². The van der Waals surface area contributed by atoms with Crippen LogP contribution >= 0.6 is 0 Å². The predicted octanol–water partition coefficient (Wildman–Crippen LogP) is 3.26. The molecule has 0 unspecified atom stereocenters. The lowest BCUT2D eigenvalue weighted by Crippen LogP contribution is -2.27. The molecular weight excluding hydrogens is 292 g/mol. The van der Waals surface area contributed by atoms with Gasteiger partial charge < -0.3 is 15.4 Å². The number of amides is 1. The van der Waals surface area contributed by atoms with E-state index in [4.69, 9.17) is 4.74 Å². The number of rotatable bonds is 4. The van der Waals surface area contributed by atoms with Crippen molar-refractivity contribution in [2.45, 2.75) is 33.2 Å². The SMILES string of the molecule is COc1ccc(C)cc1NC(=O)c1ccc(NC(C)(C)C)nn1. The quantitative estimate of drug-likeness (QED) is 0.906. The van der Waals surface area contributed by atoms with E-state index in [0.717, 1.165) is 5.56 Å². The predicted molar refractivity (Wildman–Crippen MR) is 91.1 cm³/mol. The second-order valence-electron chi connectivity index (χ2n) is 6.34. The number of hydrogen-bond acceptors (Lipinski definition) is 5. The van der Waals surface area contributed by atoms with Crippen LogP contribution in [0.2, 0.25) is 0 Å². The van der Waals surface area contributed by atoms with Crippen molar-refractivity contribution in [1.82, 2.24) is 10.2 Å². The van der Waals surface area contributed by atoms with Gasteiger partial charge in [0.05, 0.1) is 12.8 Å². The Kier molecular flexibility index (Phi) is 4.83. The number of hydrogen-bond donors (Lipinski definition) is 2. The molecule has 0 fully saturated rings. The number of benzene rings is 1. The van der Waals surface area contributed by atoms with Gasteiger partial charge in [0.25, 0.3) is 5.91 Å². The molecule has 1 aromatic heterocycles. The molecule has 0 aliphatic carbocycles. The fraction of sp³-hybridized carbons (Fsp3) is 0.353. The molecule has 0 bridgehead atoms. The summed E-state index contributed by atoms with van der Waals surface area (Å²) in [7, 11) is 1.56. The Bertz CT molecular complexity index is 691. The van der Waals surface area contributed by atoms with E-state index in [2.05, 4.69) is 20.8 Å². The van der Waals surface area contributed by atoms with Gasteiger partial charge in [-0.05, 0) is 57.5 Å². The normalized spacial score (nSPS) is 11.0. The molecule has 0 atom stereocenters.